The Hall–Kier alpha value is -3.93. The second-order valence-electron chi connectivity index (χ2n) is 7.34. The summed E-state index contributed by atoms with van der Waals surface area (Å²) in [6.45, 7) is 2.55. The summed E-state index contributed by atoms with van der Waals surface area (Å²) in [4.78, 5) is 19.9. The highest BCUT2D eigenvalue weighted by Crippen LogP contribution is 2.30. The number of pyridine rings is 1. The van der Waals surface area contributed by atoms with Crippen molar-refractivity contribution in [2.45, 2.75) is 25.7 Å². The van der Waals surface area contributed by atoms with Crippen molar-refractivity contribution in [3.05, 3.63) is 48.5 Å². The average molecular weight is 416 g/mol. The Balaban J connectivity index is 0.000000245. The van der Waals surface area contributed by atoms with Crippen molar-refractivity contribution in [1.82, 2.24) is 35.0 Å². The molecule has 9 heteroatoms. The van der Waals surface area contributed by atoms with Gasteiger partial charge in [0.25, 0.3) is 0 Å². The minimum absolute atomic E-state index is 0.590. The van der Waals surface area contributed by atoms with Gasteiger partial charge in [-0.15, -0.1) is 0 Å². The first-order chi connectivity index (χ1) is 15.3. The number of H-pyrrole nitrogens is 1. The van der Waals surface area contributed by atoms with Crippen LogP contribution in [-0.2, 0) is 11.2 Å². The fraction of sp³-hybridized carbons (Fsp3) is 0.318. The predicted octanol–water partition coefficient (Wildman–Crippen LogP) is 2.51. The Kier molecular flexibility index (Phi) is 6.38. The molecule has 4 aromatic rings. The lowest BCUT2D eigenvalue weighted by Gasteiger charge is -2.19. The van der Waals surface area contributed by atoms with Crippen LogP contribution < -0.4 is 5.32 Å². The number of nitrogens with zero attached hydrogens (tertiary/aromatic N) is 6. The van der Waals surface area contributed by atoms with Crippen LogP contribution in [0.15, 0.2) is 42.9 Å². The van der Waals surface area contributed by atoms with Gasteiger partial charge in [0, 0.05) is 55.1 Å². The first kappa shape index (κ1) is 20.3. The third-order valence-electron chi connectivity index (χ3n) is 5.30. The van der Waals surface area contributed by atoms with Crippen molar-refractivity contribution >= 4 is 23.0 Å². The molecule has 1 aliphatic rings. The van der Waals surface area contributed by atoms with E-state index in [1.165, 1.54) is 19.3 Å². The molecule has 0 bridgehead atoms. The second kappa shape index (κ2) is 9.71. The van der Waals surface area contributed by atoms with Gasteiger partial charge in [-0.2, -0.15) is 20.1 Å². The molecule has 158 valence electrons. The van der Waals surface area contributed by atoms with E-state index in [2.05, 4.69) is 37.7 Å². The molecular weight excluding hydrogens is 392 g/mol. The van der Waals surface area contributed by atoms with E-state index in [0.717, 1.165) is 52.9 Å². The molecule has 2 N–H and O–H groups in total. The van der Waals surface area contributed by atoms with E-state index in [1.54, 1.807) is 17.0 Å². The molecule has 1 saturated heterocycles. The number of nitriles is 1. The molecule has 0 aliphatic carbocycles. The number of likely N-dealkylation sites (tertiary alicyclic amines) is 1. The van der Waals surface area contributed by atoms with E-state index < -0.39 is 0 Å². The molecule has 5 rings (SSSR count). The Labute approximate surface area is 179 Å². The number of nitrogens with one attached hydrogen (secondary N) is 2. The zero-order valence-corrected chi connectivity index (χ0v) is 17.2. The molecular formula is C22H24N8O. The number of rotatable bonds is 5. The summed E-state index contributed by atoms with van der Waals surface area (Å²) in [6.07, 6.45) is 12.6. The van der Waals surface area contributed by atoms with E-state index in [9.17, 15) is 4.79 Å². The van der Waals surface area contributed by atoms with Crippen LogP contribution in [0.25, 0.3) is 27.7 Å². The summed E-state index contributed by atoms with van der Waals surface area (Å²) >= 11 is 0. The highest BCUT2D eigenvalue weighted by atomic mass is 16.1. The van der Waals surface area contributed by atoms with E-state index in [0.29, 0.717) is 13.0 Å². The van der Waals surface area contributed by atoms with Crippen LogP contribution in [0.5, 0.6) is 0 Å². The van der Waals surface area contributed by atoms with Gasteiger partial charge in [-0.1, -0.05) is 0 Å². The molecule has 1 amide bonds. The number of aromatic nitrogens is 5. The van der Waals surface area contributed by atoms with Crippen LogP contribution in [-0.4, -0.2) is 55.7 Å². The minimum Gasteiger partial charge on any atom is -0.358 e. The lowest BCUT2D eigenvalue weighted by molar-refractivity contribution is -0.109. The fourth-order valence-corrected chi connectivity index (χ4v) is 3.75. The lowest BCUT2D eigenvalue weighted by atomic mass is 10.1. The highest BCUT2D eigenvalue weighted by Gasteiger charge is 2.12. The van der Waals surface area contributed by atoms with Gasteiger partial charge in [0.2, 0.25) is 6.41 Å². The number of carbonyl (C=O) groups is 1. The minimum atomic E-state index is 0.590. The maximum Gasteiger partial charge on any atom is 0.207 e. The number of fused-ring (bicyclic) bond motifs is 2. The molecule has 1 fully saturated rings. The molecule has 0 aromatic carbocycles. The van der Waals surface area contributed by atoms with E-state index >= 15 is 0 Å². The maximum atomic E-state index is 10.4. The normalized spacial score (nSPS) is 13.5. The van der Waals surface area contributed by atoms with Gasteiger partial charge < -0.3 is 15.2 Å². The Morgan fingerprint density at radius 2 is 2.03 bits per heavy atom. The summed E-state index contributed by atoms with van der Waals surface area (Å²) in [6, 6.07) is 7.94. The van der Waals surface area contributed by atoms with Crippen molar-refractivity contribution in [2.75, 3.05) is 19.6 Å². The van der Waals surface area contributed by atoms with Crippen LogP contribution in [0.1, 0.15) is 25.0 Å². The van der Waals surface area contributed by atoms with E-state index in [-0.39, 0.29) is 0 Å². The quantitative estimate of drug-likeness (QED) is 0.293. The van der Waals surface area contributed by atoms with Gasteiger partial charge >= 0.3 is 0 Å². The van der Waals surface area contributed by atoms with Gasteiger partial charge in [0.05, 0.1) is 11.7 Å². The molecule has 0 radical (unpaired) electrons. The van der Waals surface area contributed by atoms with Crippen molar-refractivity contribution in [2.24, 2.45) is 0 Å². The lowest BCUT2D eigenvalue weighted by Crippen LogP contribution is -2.24. The van der Waals surface area contributed by atoms with Crippen molar-refractivity contribution < 1.29 is 4.79 Å². The SMILES string of the molecule is N#CN1CCCCC1.O=CNCCc1cc2c(-c3cnn4ncccc34)ccnc2[nH]1. The largest absolute Gasteiger partial charge is 0.358 e. The second-order valence-corrected chi connectivity index (χ2v) is 7.34. The van der Waals surface area contributed by atoms with Gasteiger partial charge in [0.15, 0.2) is 6.19 Å². The van der Waals surface area contributed by atoms with Crippen molar-refractivity contribution in [3.8, 4) is 17.3 Å². The van der Waals surface area contributed by atoms with Gasteiger partial charge in [-0.05, 0) is 49.1 Å². The molecule has 1 aliphatic heterocycles. The zero-order chi connectivity index (χ0) is 21.5. The van der Waals surface area contributed by atoms with E-state index in [4.69, 9.17) is 5.26 Å². The first-order valence-electron chi connectivity index (χ1n) is 10.4. The summed E-state index contributed by atoms with van der Waals surface area (Å²) in [5.41, 5.74) is 4.88. The molecule has 0 atom stereocenters. The number of carbonyl (C=O) groups excluding carboxylic acids is 1. The van der Waals surface area contributed by atoms with E-state index in [1.807, 2.05) is 29.3 Å². The maximum absolute atomic E-state index is 10.4. The van der Waals surface area contributed by atoms with Crippen LogP contribution in [0.4, 0.5) is 0 Å². The first-order valence-corrected chi connectivity index (χ1v) is 10.4. The van der Waals surface area contributed by atoms with Gasteiger partial charge in [-0.3, -0.25) is 4.79 Å². The molecule has 0 saturated carbocycles. The fourth-order valence-electron chi connectivity index (χ4n) is 3.75. The Bertz CT molecular complexity index is 1200. The zero-order valence-electron chi connectivity index (χ0n) is 17.2. The number of amides is 1. The molecule has 31 heavy (non-hydrogen) atoms. The van der Waals surface area contributed by atoms with Crippen molar-refractivity contribution in [3.63, 3.8) is 0 Å². The summed E-state index contributed by atoms with van der Waals surface area (Å²) in [5, 5.41) is 20.6. The molecule has 0 spiro atoms. The number of hydrogen-bond acceptors (Lipinski definition) is 6. The standard InChI is InChI=1S/C16H14N6O.C6H10N2/c23-10-17-6-3-11-8-13-12(4-7-18-16(13)21-11)14-9-20-22-15(14)2-1-5-19-22;7-6-8-4-2-1-3-5-8/h1-2,4-5,7-10H,3,6H2,(H,17,23)(H,18,21);1-5H2. The highest BCUT2D eigenvalue weighted by molar-refractivity contribution is 5.97. The summed E-state index contributed by atoms with van der Waals surface area (Å²) < 4.78 is 1.61. The molecule has 9 nitrogen and oxygen atoms in total. The average Bonchev–Trinajstić information content (AvgIpc) is 3.44. The monoisotopic (exact) mass is 416 g/mol. The predicted molar refractivity (Wildman–Crippen MR) is 117 cm³/mol. The Morgan fingerprint density at radius 1 is 1.16 bits per heavy atom. The number of aromatic amines is 1. The van der Waals surface area contributed by atoms with Crippen LogP contribution in [0.3, 0.4) is 0 Å². The molecule has 4 aromatic heterocycles. The smallest absolute Gasteiger partial charge is 0.207 e. The molecule has 0 unspecified atom stereocenters. The Morgan fingerprint density at radius 3 is 2.81 bits per heavy atom. The van der Waals surface area contributed by atoms with Crippen LogP contribution in [0, 0.1) is 11.5 Å². The topological polar surface area (TPSA) is 115 Å². The summed E-state index contributed by atoms with van der Waals surface area (Å²) in [7, 11) is 0. The third-order valence-corrected chi connectivity index (χ3v) is 5.30. The number of piperidine rings is 1. The number of hydrogen-bond donors (Lipinski definition) is 2. The van der Waals surface area contributed by atoms with Crippen LogP contribution in [0.2, 0.25) is 0 Å². The van der Waals surface area contributed by atoms with Crippen molar-refractivity contribution in [1.29, 1.82) is 5.26 Å². The van der Waals surface area contributed by atoms with Crippen LogP contribution >= 0.6 is 0 Å². The third kappa shape index (κ3) is 4.64. The van der Waals surface area contributed by atoms with Gasteiger partial charge in [-0.25, -0.2) is 4.98 Å². The van der Waals surface area contributed by atoms with Gasteiger partial charge in [0.1, 0.15) is 5.65 Å². The molecule has 5 heterocycles. The summed E-state index contributed by atoms with van der Waals surface area (Å²) in [5.74, 6) is 0.